The smallest absolute Gasteiger partial charge is 0.220 e. The van der Waals surface area contributed by atoms with Gasteiger partial charge in [-0.2, -0.15) is 0 Å². The predicted molar refractivity (Wildman–Crippen MR) is 92.3 cm³/mol. The molecule has 21 heavy (non-hydrogen) atoms. The van der Waals surface area contributed by atoms with Crippen LogP contribution < -0.4 is 11.1 Å². The highest BCUT2D eigenvalue weighted by Crippen LogP contribution is 2.10. The number of hydrogen-bond acceptors (Lipinski definition) is 2. The van der Waals surface area contributed by atoms with Crippen molar-refractivity contribution in [2.24, 2.45) is 11.7 Å². The molecule has 0 aliphatic heterocycles. The third kappa shape index (κ3) is 15.6. The van der Waals surface area contributed by atoms with Crippen LogP contribution in [0.15, 0.2) is 0 Å². The first kappa shape index (κ1) is 20.4. The molecule has 126 valence electrons. The Bertz CT molecular complexity index is 241. The van der Waals surface area contributed by atoms with Crippen LogP contribution in [0.3, 0.4) is 0 Å². The largest absolute Gasteiger partial charge is 0.355 e. The van der Waals surface area contributed by atoms with Gasteiger partial charge in [0.1, 0.15) is 0 Å². The zero-order valence-corrected chi connectivity index (χ0v) is 14.6. The molecule has 0 aromatic heterocycles. The highest BCUT2D eigenvalue weighted by Gasteiger charge is 2.07. The van der Waals surface area contributed by atoms with E-state index >= 15 is 0 Å². The van der Waals surface area contributed by atoms with E-state index in [-0.39, 0.29) is 11.9 Å². The minimum atomic E-state index is 0.0945. The maximum Gasteiger partial charge on any atom is 0.220 e. The van der Waals surface area contributed by atoms with Crippen LogP contribution in [0.1, 0.15) is 91.4 Å². The summed E-state index contributed by atoms with van der Waals surface area (Å²) in [6.07, 6.45) is 13.2. The van der Waals surface area contributed by atoms with E-state index < -0.39 is 0 Å². The second-order valence-corrected chi connectivity index (χ2v) is 6.77. The van der Waals surface area contributed by atoms with E-state index in [2.05, 4.69) is 26.1 Å². The lowest BCUT2D eigenvalue weighted by Crippen LogP contribution is -2.37. The molecule has 0 heterocycles. The average Bonchev–Trinajstić information content (AvgIpc) is 2.42. The van der Waals surface area contributed by atoms with E-state index in [0.29, 0.717) is 18.9 Å². The average molecular weight is 299 g/mol. The molecule has 0 aliphatic carbocycles. The lowest BCUT2D eigenvalue weighted by atomic mass is 10.0. The molecule has 0 saturated heterocycles. The van der Waals surface area contributed by atoms with E-state index in [1.165, 1.54) is 51.4 Å². The van der Waals surface area contributed by atoms with Crippen LogP contribution in [-0.2, 0) is 4.79 Å². The third-order valence-corrected chi connectivity index (χ3v) is 3.84. The number of amides is 1. The maximum absolute atomic E-state index is 11.7. The van der Waals surface area contributed by atoms with Crippen molar-refractivity contribution >= 4 is 5.91 Å². The molecular formula is C18H38N2O. The van der Waals surface area contributed by atoms with Gasteiger partial charge in [0.05, 0.1) is 0 Å². The van der Waals surface area contributed by atoms with Gasteiger partial charge in [-0.15, -0.1) is 0 Å². The third-order valence-electron chi connectivity index (χ3n) is 3.84. The number of carbonyl (C=O) groups excluding carboxylic acids is 1. The Balaban J connectivity index is 3.30. The molecule has 0 rings (SSSR count). The molecular weight excluding hydrogens is 260 g/mol. The molecule has 0 saturated carbocycles. The summed E-state index contributed by atoms with van der Waals surface area (Å²) in [4.78, 5) is 11.7. The molecule has 0 aliphatic rings. The summed E-state index contributed by atoms with van der Waals surface area (Å²) in [6.45, 7) is 7.18. The van der Waals surface area contributed by atoms with Crippen LogP contribution in [0, 0.1) is 5.92 Å². The Kier molecular flexibility index (Phi) is 14.0. The van der Waals surface area contributed by atoms with Crippen molar-refractivity contribution < 1.29 is 4.79 Å². The van der Waals surface area contributed by atoms with Crippen LogP contribution in [0.25, 0.3) is 0 Å². The molecule has 1 amide bonds. The fourth-order valence-electron chi connectivity index (χ4n) is 2.62. The minimum Gasteiger partial charge on any atom is -0.355 e. The zero-order chi connectivity index (χ0) is 15.9. The first-order chi connectivity index (χ1) is 10.1. The first-order valence-electron chi connectivity index (χ1n) is 9.08. The molecule has 3 heteroatoms. The van der Waals surface area contributed by atoms with E-state index in [1.54, 1.807) is 0 Å². The molecule has 1 atom stereocenters. The summed E-state index contributed by atoms with van der Waals surface area (Å²) in [7, 11) is 0. The molecule has 3 N–H and O–H groups in total. The number of hydrogen-bond donors (Lipinski definition) is 2. The topological polar surface area (TPSA) is 55.1 Å². The second kappa shape index (κ2) is 14.4. The van der Waals surface area contributed by atoms with Gasteiger partial charge in [0.15, 0.2) is 0 Å². The van der Waals surface area contributed by atoms with Gasteiger partial charge in [-0.1, -0.05) is 72.1 Å². The SMILES string of the molecule is CCCCCCCCCCCC(=O)NCC(N)CC(C)C. The molecule has 1 unspecified atom stereocenters. The zero-order valence-electron chi connectivity index (χ0n) is 14.6. The molecule has 0 radical (unpaired) electrons. The standard InChI is InChI=1S/C18H38N2O/c1-4-5-6-7-8-9-10-11-12-13-18(21)20-15-17(19)14-16(2)3/h16-17H,4-15,19H2,1-3H3,(H,20,21). The highest BCUT2D eigenvalue weighted by molar-refractivity contribution is 5.75. The Morgan fingerprint density at radius 3 is 2.00 bits per heavy atom. The summed E-state index contributed by atoms with van der Waals surface area (Å²) < 4.78 is 0. The van der Waals surface area contributed by atoms with Gasteiger partial charge in [0.25, 0.3) is 0 Å². The highest BCUT2D eigenvalue weighted by atomic mass is 16.1. The summed E-state index contributed by atoms with van der Waals surface area (Å²) in [5, 5.41) is 2.95. The molecule has 0 aromatic carbocycles. The first-order valence-corrected chi connectivity index (χ1v) is 9.08. The number of rotatable bonds is 14. The van der Waals surface area contributed by atoms with Gasteiger partial charge in [0, 0.05) is 19.0 Å². The lowest BCUT2D eigenvalue weighted by molar-refractivity contribution is -0.121. The van der Waals surface area contributed by atoms with Gasteiger partial charge >= 0.3 is 0 Å². The molecule has 0 aromatic rings. The van der Waals surface area contributed by atoms with E-state index in [1.807, 2.05) is 0 Å². The number of nitrogens with two attached hydrogens (primary N) is 1. The monoisotopic (exact) mass is 298 g/mol. The Hall–Kier alpha value is -0.570. The normalized spacial score (nSPS) is 12.6. The van der Waals surface area contributed by atoms with E-state index in [0.717, 1.165) is 12.8 Å². The summed E-state index contributed by atoms with van der Waals surface area (Å²) in [5.74, 6) is 0.756. The maximum atomic E-state index is 11.7. The van der Waals surface area contributed by atoms with Crippen LogP contribution in [0.2, 0.25) is 0 Å². The van der Waals surface area contributed by atoms with Crippen molar-refractivity contribution in [1.29, 1.82) is 0 Å². The van der Waals surface area contributed by atoms with Crippen LogP contribution in [0.5, 0.6) is 0 Å². The molecule has 0 fully saturated rings. The van der Waals surface area contributed by atoms with Crippen molar-refractivity contribution in [2.75, 3.05) is 6.54 Å². The fourth-order valence-corrected chi connectivity index (χ4v) is 2.62. The predicted octanol–water partition coefficient (Wildman–Crippen LogP) is 4.40. The second-order valence-electron chi connectivity index (χ2n) is 6.77. The minimum absolute atomic E-state index is 0.0945. The quantitative estimate of drug-likeness (QED) is 0.467. The van der Waals surface area contributed by atoms with Gasteiger partial charge in [0.2, 0.25) is 5.91 Å². The Morgan fingerprint density at radius 1 is 0.952 bits per heavy atom. The summed E-state index contributed by atoms with van der Waals surface area (Å²) in [6, 6.07) is 0.0945. The van der Waals surface area contributed by atoms with Gasteiger partial charge in [-0.25, -0.2) is 0 Å². The van der Waals surface area contributed by atoms with Gasteiger partial charge in [-0.3, -0.25) is 4.79 Å². The Morgan fingerprint density at radius 2 is 1.48 bits per heavy atom. The lowest BCUT2D eigenvalue weighted by Gasteiger charge is -2.14. The fraction of sp³-hybridized carbons (Fsp3) is 0.944. The van der Waals surface area contributed by atoms with Crippen molar-refractivity contribution in [3.05, 3.63) is 0 Å². The number of carbonyl (C=O) groups is 1. The van der Waals surface area contributed by atoms with Crippen molar-refractivity contribution in [3.8, 4) is 0 Å². The summed E-state index contributed by atoms with van der Waals surface area (Å²) in [5.41, 5.74) is 5.95. The molecule has 0 spiro atoms. The van der Waals surface area contributed by atoms with E-state index in [9.17, 15) is 4.79 Å². The van der Waals surface area contributed by atoms with Crippen LogP contribution >= 0.6 is 0 Å². The van der Waals surface area contributed by atoms with Crippen molar-refractivity contribution in [2.45, 2.75) is 97.4 Å². The van der Waals surface area contributed by atoms with Crippen LogP contribution in [0.4, 0.5) is 0 Å². The Labute approximate surface area is 132 Å². The van der Waals surface area contributed by atoms with Crippen LogP contribution in [-0.4, -0.2) is 18.5 Å². The van der Waals surface area contributed by atoms with Gasteiger partial charge in [-0.05, 0) is 18.8 Å². The van der Waals surface area contributed by atoms with Gasteiger partial charge < -0.3 is 11.1 Å². The van der Waals surface area contributed by atoms with Crippen molar-refractivity contribution in [3.63, 3.8) is 0 Å². The number of unbranched alkanes of at least 4 members (excludes halogenated alkanes) is 8. The number of nitrogens with one attached hydrogen (secondary N) is 1. The molecule has 3 nitrogen and oxygen atoms in total. The van der Waals surface area contributed by atoms with E-state index in [4.69, 9.17) is 5.73 Å². The summed E-state index contributed by atoms with van der Waals surface area (Å²) >= 11 is 0. The molecule has 0 bridgehead atoms. The van der Waals surface area contributed by atoms with Crippen molar-refractivity contribution in [1.82, 2.24) is 5.32 Å².